The van der Waals surface area contributed by atoms with E-state index in [1.807, 2.05) is 19.1 Å². The Hall–Kier alpha value is -0.850. The van der Waals surface area contributed by atoms with Crippen molar-refractivity contribution in [2.75, 3.05) is 0 Å². The van der Waals surface area contributed by atoms with Crippen LogP contribution < -0.4 is 0 Å². The van der Waals surface area contributed by atoms with Gasteiger partial charge in [0.25, 0.3) is 0 Å². The highest BCUT2D eigenvalue weighted by atomic mass is 19.1. The molecule has 1 heteroatoms. The van der Waals surface area contributed by atoms with E-state index in [-0.39, 0.29) is 5.82 Å². The van der Waals surface area contributed by atoms with E-state index in [1.165, 1.54) is 24.8 Å². The number of aryl methyl sites for hydroxylation is 1. The third kappa shape index (κ3) is 1.60. The summed E-state index contributed by atoms with van der Waals surface area (Å²) >= 11 is 0. The van der Waals surface area contributed by atoms with Crippen LogP contribution in [0.1, 0.15) is 43.2 Å². The van der Waals surface area contributed by atoms with E-state index in [1.54, 1.807) is 6.07 Å². The first-order chi connectivity index (χ1) is 6.31. The summed E-state index contributed by atoms with van der Waals surface area (Å²) in [6, 6.07) is 5.60. The Balaban J connectivity index is 2.26. The second-order valence-electron chi connectivity index (χ2n) is 3.83. The molecule has 1 aliphatic carbocycles. The molecule has 13 heavy (non-hydrogen) atoms. The molecule has 1 fully saturated rings. The maximum Gasteiger partial charge on any atom is 0.126 e. The minimum Gasteiger partial charge on any atom is -0.207 e. The maximum absolute atomic E-state index is 13.2. The molecule has 0 amide bonds. The fourth-order valence-corrected chi connectivity index (χ4v) is 1.86. The summed E-state index contributed by atoms with van der Waals surface area (Å²) in [4.78, 5) is 0. The Morgan fingerprint density at radius 3 is 2.69 bits per heavy atom. The van der Waals surface area contributed by atoms with E-state index in [0.29, 0.717) is 5.92 Å². The zero-order valence-electron chi connectivity index (χ0n) is 8.02. The van der Waals surface area contributed by atoms with E-state index in [0.717, 1.165) is 12.0 Å². The van der Waals surface area contributed by atoms with Gasteiger partial charge in [0.1, 0.15) is 5.82 Å². The van der Waals surface area contributed by atoms with Gasteiger partial charge >= 0.3 is 0 Å². The first-order valence-corrected chi connectivity index (χ1v) is 5.09. The van der Waals surface area contributed by atoms with Crippen molar-refractivity contribution in [1.29, 1.82) is 0 Å². The predicted octanol–water partition coefficient (Wildman–Crippen LogP) is 3.66. The average Bonchev–Trinajstić information content (AvgIpc) is 2.05. The molecule has 0 atom stereocenters. The number of hydrogen-bond donors (Lipinski definition) is 0. The molecule has 0 spiro atoms. The molecular formula is C12H15F. The van der Waals surface area contributed by atoms with Gasteiger partial charge in [-0.2, -0.15) is 0 Å². The highest BCUT2D eigenvalue weighted by Crippen LogP contribution is 2.36. The summed E-state index contributed by atoms with van der Waals surface area (Å²) in [6.07, 6.45) is 4.71. The van der Waals surface area contributed by atoms with E-state index in [2.05, 4.69) is 0 Å². The monoisotopic (exact) mass is 178 g/mol. The highest BCUT2D eigenvalue weighted by molar-refractivity contribution is 5.28. The van der Waals surface area contributed by atoms with Crippen molar-refractivity contribution in [3.8, 4) is 0 Å². The van der Waals surface area contributed by atoms with Gasteiger partial charge in [0.15, 0.2) is 0 Å². The van der Waals surface area contributed by atoms with E-state index in [9.17, 15) is 4.39 Å². The van der Waals surface area contributed by atoms with Crippen LogP contribution in [0.15, 0.2) is 18.2 Å². The third-order valence-corrected chi connectivity index (χ3v) is 3.03. The molecule has 0 unspecified atom stereocenters. The number of rotatable bonds is 2. The Kier molecular flexibility index (Phi) is 2.34. The summed E-state index contributed by atoms with van der Waals surface area (Å²) in [5.41, 5.74) is 2.20. The summed E-state index contributed by atoms with van der Waals surface area (Å²) in [6.45, 7) is 2.00. The molecule has 1 saturated carbocycles. The maximum atomic E-state index is 13.2. The van der Waals surface area contributed by atoms with Gasteiger partial charge in [-0.1, -0.05) is 25.5 Å². The van der Waals surface area contributed by atoms with Crippen molar-refractivity contribution >= 4 is 0 Å². The summed E-state index contributed by atoms with van der Waals surface area (Å²) in [7, 11) is 0. The van der Waals surface area contributed by atoms with Crippen LogP contribution in [0.4, 0.5) is 4.39 Å². The Bertz CT molecular complexity index is 300. The molecule has 0 N–H and O–H groups in total. The van der Waals surface area contributed by atoms with E-state index >= 15 is 0 Å². The summed E-state index contributed by atoms with van der Waals surface area (Å²) in [5, 5.41) is 0. The lowest BCUT2D eigenvalue weighted by molar-refractivity contribution is 0.419. The van der Waals surface area contributed by atoms with Gasteiger partial charge in [-0.3, -0.25) is 0 Å². The molecule has 0 aromatic heterocycles. The molecular weight excluding hydrogens is 163 g/mol. The van der Waals surface area contributed by atoms with Crippen LogP contribution in [0.3, 0.4) is 0 Å². The smallest absolute Gasteiger partial charge is 0.126 e. The standard InChI is InChI=1S/C12H15F/c1-2-9-8-11(6-7-12(9)13)10-4-3-5-10/h6-8,10H,2-5H2,1H3. The molecule has 1 aliphatic rings. The lowest BCUT2D eigenvalue weighted by Crippen LogP contribution is -2.09. The Morgan fingerprint density at radius 1 is 1.38 bits per heavy atom. The van der Waals surface area contributed by atoms with Crippen molar-refractivity contribution < 1.29 is 4.39 Å². The van der Waals surface area contributed by atoms with Gasteiger partial charge < -0.3 is 0 Å². The Labute approximate surface area is 78.8 Å². The Morgan fingerprint density at radius 2 is 2.15 bits per heavy atom. The molecule has 1 aromatic carbocycles. The fourth-order valence-electron chi connectivity index (χ4n) is 1.86. The molecule has 0 aliphatic heterocycles. The van der Waals surface area contributed by atoms with Crippen LogP contribution in [-0.4, -0.2) is 0 Å². The van der Waals surface area contributed by atoms with Crippen molar-refractivity contribution in [2.24, 2.45) is 0 Å². The third-order valence-electron chi connectivity index (χ3n) is 3.03. The molecule has 0 nitrogen and oxygen atoms in total. The second-order valence-corrected chi connectivity index (χ2v) is 3.83. The SMILES string of the molecule is CCc1cc(C2CCC2)ccc1F. The highest BCUT2D eigenvalue weighted by Gasteiger charge is 2.19. The van der Waals surface area contributed by atoms with Crippen LogP contribution in [0.5, 0.6) is 0 Å². The van der Waals surface area contributed by atoms with E-state index in [4.69, 9.17) is 0 Å². The quantitative estimate of drug-likeness (QED) is 0.648. The van der Waals surface area contributed by atoms with Gasteiger partial charge in [-0.25, -0.2) is 4.39 Å². The minimum absolute atomic E-state index is 0.0504. The average molecular weight is 178 g/mol. The normalized spacial score (nSPS) is 17.1. The topological polar surface area (TPSA) is 0 Å². The van der Waals surface area contributed by atoms with Crippen LogP contribution >= 0.6 is 0 Å². The first-order valence-electron chi connectivity index (χ1n) is 5.09. The molecule has 1 aromatic rings. The number of halogens is 1. The molecule has 0 heterocycles. The van der Waals surface area contributed by atoms with Crippen LogP contribution in [0.2, 0.25) is 0 Å². The van der Waals surface area contributed by atoms with Gasteiger partial charge in [0.2, 0.25) is 0 Å². The molecule has 0 radical (unpaired) electrons. The molecule has 0 saturated heterocycles. The van der Waals surface area contributed by atoms with Gasteiger partial charge in [0, 0.05) is 0 Å². The van der Waals surface area contributed by atoms with Crippen molar-refractivity contribution in [3.63, 3.8) is 0 Å². The lowest BCUT2D eigenvalue weighted by atomic mass is 9.79. The zero-order chi connectivity index (χ0) is 9.26. The van der Waals surface area contributed by atoms with Gasteiger partial charge in [-0.15, -0.1) is 0 Å². The lowest BCUT2D eigenvalue weighted by Gasteiger charge is -2.26. The predicted molar refractivity (Wildman–Crippen MR) is 52.4 cm³/mol. The molecule has 2 rings (SSSR count). The first kappa shape index (κ1) is 8.74. The van der Waals surface area contributed by atoms with Crippen LogP contribution in [0.25, 0.3) is 0 Å². The minimum atomic E-state index is -0.0504. The largest absolute Gasteiger partial charge is 0.207 e. The second kappa shape index (κ2) is 3.49. The molecule has 0 bridgehead atoms. The fraction of sp³-hybridized carbons (Fsp3) is 0.500. The van der Waals surface area contributed by atoms with Gasteiger partial charge in [0.05, 0.1) is 0 Å². The van der Waals surface area contributed by atoms with Crippen LogP contribution in [0, 0.1) is 5.82 Å². The van der Waals surface area contributed by atoms with Crippen molar-refractivity contribution in [1.82, 2.24) is 0 Å². The number of benzene rings is 1. The summed E-state index contributed by atoms with van der Waals surface area (Å²) in [5.74, 6) is 0.663. The van der Waals surface area contributed by atoms with Gasteiger partial charge in [-0.05, 0) is 42.4 Å². The van der Waals surface area contributed by atoms with Crippen molar-refractivity contribution in [2.45, 2.75) is 38.5 Å². The van der Waals surface area contributed by atoms with Crippen molar-refractivity contribution in [3.05, 3.63) is 35.1 Å². The summed E-state index contributed by atoms with van der Waals surface area (Å²) < 4.78 is 13.2. The zero-order valence-corrected chi connectivity index (χ0v) is 8.02. The van der Waals surface area contributed by atoms with Crippen LogP contribution in [-0.2, 0) is 6.42 Å². The van der Waals surface area contributed by atoms with E-state index < -0.39 is 0 Å². The number of hydrogen-bond acceptors (Lipinski definition) is 0. The molecule has 70 valence electrons.